The lowest BCUT2D eigenvalue weighted by Gasteiger charge is -2.00. The van der Waals surface area contributed by atoms with Crippen molar-refractivity contribution in [2.75, 3.05) is 5.43 Å². The minimum Gasteiger partial charge on any atom is -0.308 e. The Labute approximate surface area is 80.1 Å². The number of nitrogens with one attached hydrogen (secondary N) is 1. The van der Waals surface area contributed by atoms with Gasteiger partial charge in [0, 0.05) is 0 Å². The summed E-state index contributed by atoms with van der Waals surface area (Å²) in [6, 6.07) is 0.521. The van der Waals surface area contributed by atoms with Crippen LogP contribution in [0.5, 0.6) is 0 Å². The summed E-state index contributed by atoms with van der Waals surface area (Å²) in [5.74, 6) is 5.97. The zero-order valence-corrected chi connectivity index (χ0v) is 7.51. The van der Waals surface area contributed by atoms with Gasteiger partial charge in [0.25, 0.3) is 0 Å². The van der Waals surface area contributed by atoms with Crippen molar-refractivity contribution in [2.45, 2.75) is 18.9 Å². The van der Waals surface area contributed by atoms with Crippen LogP contribution in [-0.4, -0.2) is 19.7 Å². The first kappa shape index (κ1) is 7.69. The number of hydrogen-bond donors (Lipinski definition) is 2. The van der Waals surface area contributed by atoms with E-state index < -0.39 is 0 Å². The van der Waals surface area contributed by atoms with Crippen molar-refractivity contribution in [1.82, 2.24) is 19.7 Å². The van der Waals surface area contributed by atoms with Crippen LogP contribution in [0.2, 0.25) is 0 Å². The van der Waals surface area contributed by atoms with Crippen molar-refractivity contribution < 1.29 is 0 Å². The zero-order valence-electron chi connectivity index (χ0n) is 7.51. The van der Waals surface area contributed by atoms with Crippen molar-refractivity contribution in [3.05, 3.63) is 12.5 Å². The van der Waals surface area contributed by atoms with Crippen LogP contribution in [0, 0.1) is 0 Å². The maximum absolute atomic E-state index is 5.34. The molecule has 14 heavy (non-hydrogen) atoms. The Morgan fingerprint density at radius 3 is 3.00 bits per heavy atom. The summed E-state index contributed by atoms with van der Waals surface area (Å²) in [5, 5.41) is 5.16. The molecule has 0 bridgehead atoms. The molecule has 0 aliphatic heterocycles. The molecule has 3 N–H and O–H groups in total. The van der Waals surface area contributed by atoms with E-state index in [0.717, 1.165) is 11.0 Å². The van der Waals surface area contributed by atoms with Crippen LogP contribution < -0.4 is 11.3 Å². The minimum absolute atomic E-state index is 0.521. The van der Waals surface area contributed by atoms with E-state index in [1.807, 2.05) is 4.68 Å². The van der Waals surface area contributed by atoms with Crippen LogP contribution in [0.15, 0.2) is 12.5 Å². The second-order valence-electron chi connectivity index (χ2n) is 3.42. The molecule has 3 rings (SSSR count). The molecule has 2 aromatic heterocycles. The molecule has 0 aromatic carbocycles. The first-order valence-corrected chi connectivity index (χ1v) is 4.55. The molecular formula is C8H10N6. The molecule has 0 amide bonds. The first-order chi connectivity index (χ1) is 6.90. The van der Waals surface area contributed by atoms with Gasteiger partial charge >= 0.3 is 0 Å². The van der Waals surface area contributed by atoms with E-state index in [1.165, 1.54) is 19.2 Å². The Kier molecular flexibility index (Phi) is 1.45. The van der Waals surface area contributed by atoms with E-state index in [0.29, 0.717) is 11.9 Å². The van der Waals surface area contributed by atoms with Crippen molar-refractivity contribution in [1.29, 1.82) is 0 Å². The molecule has 1 aliphatic carbocycles. The minimum atomic E-state index is 0.521. The third-order valence-corrected chi connectivity index (χ3v) is 2.42. The largest absolute Gasteiger partial charge is 0.308 e. The van der Waals surface area contributed by atoms with Gasteiger partial charge in [0.1, 0.15) is 6.33 Å². The van der Waals surface area contributed by atoms with Crippen molar-refractivity contribution in [3.63, 3.8) is 0 Å². The molecule has 0 radical (unpaired) electrons. The van der Waals surface area contributed by atoms with E-state index in [4.69, 9.17) is 5.84 Å². The van der Waals surface area contributed by atoms with Crippen LogP contribution in [0.25, 0.3) is 11.0 Å². The van der Waals surface area contributed by atoms with Gasteiger partial charge in [-0.3, -0.25) is 0 Å². The van der Waals surface area contributed by atoms with E-state index in [9.17, 15) is 0 Å². The molecule has 6 heteroatoms. The molecule has 0 atom stereocenters. The lowest BCUT2D eigenvalue weighted by atomic mass is 10.4. The monoisotopic (exact) mass is 190 g/mol. The van der Waals surface area contributed by atoms with Gasteiger partial charge in [-0.25, -0.2) is 20.5 Å². The molecule has 0 unspecified atom stereocenters. The van der Waals surface area contributed by atoms with Crippen LogP contribution in [-0.2, 0) is 0 Å². The van der Waals surface area contributed by atoms with Gasteiger partial charge in [-0.1, -0.05) is 0 Å². The van der Waals surface area contributed by atoms with Gasteiger partial charge in [-0.15, -0.1) is 0 Å². The van der Waals surface area contributed by atoms with Gasteiger partial charge in [-0.2, -0.15) is 5.10 Å². The fraction of sp³-hybridized carbons (Fsp3) is 0.375. The molecular weight excluding hydrogens is 180 g/mol. The van der Waals surface area contributed by atoms with E-state index in [-0.39, 0.29) is 0 Å². The van der Waals surface area contributed by atoms with Crippen LogP contribution in [0.1, 0.15) is 18.9 Å². The fourth-order valence-corrected chi connectivity index (χ4v) is 1.56. The summed E-state index contributed by atoms with van der Waals surface area (Å²) < 4.78 is 1.94. The third kappa shape index (κ3) is 0.973. The number of nitrogen functional groups attached to an aromatic ring is 1. The molecule has 0 spiro atoms. The summed E-state index contributed by atoms with van der Waals surface area (Å²) in [6.45, 7) is 0. The quantitative estimate of drug-likeness (QED) is 0.530. The average molecular weight is 190 g/mol. The third-order valence-electron chi connectivity index (χ3n) is 2.42. The highest BCUT2D eigenvalue weighted by Gasteiger charge is 2.26. The normalized spacial score (nSPS) is 16.1. The van der Waals surface area contributed by atoms with Gasteiger partial charge in [0.05, 0.1) is 17.6 Å². The van der Waals surface area contributed by atoms with Gasteiger partial charge in [0.15, 0.2) is 11.5 Å². The highest BCUT2D eigenvalue weighted by Crippen LogP contribution is 2.36. The SMILES string of the molecule is NNc1ncnc2c1cnn2C1CC1. The van der Waals surface area contributed by atoms with Crippen LogP contribution in [0.3, 0.4) is 0 Å². The maximum atomic E-state index is 5.34. The molecule has 72 valence electrons. The van der Waals surface area contributed by atoms with E-state index in [1.54, 1.807) is 6.20 Å². The van der Waals surface area contributed by atoms with E-state index in [2.05, 4.69) is 20.5 Å². The second kappa shape index (κ2) is 2.65. The number of anilines is 1. The molecule has 1 aliphatic rings. The number of nitrogens with zero attached hydrogens (tertiary/aromatic N) is 4. The summed E-state index contributed by atoms with van der Waals surface area (Å²) in [5.41, 5.74) is 3.40. The van der Waals surface area contributed by atoms with E-state index >= 15 is 0 Å². The molecule has 6 nitrogen and oxygen atoms in total. The lowest BCUT2D eigenvalue weighted by molar-refractivity contribution is 0.658. The van der Waals surface area contributed by atoms with Crippen molar-refractivity contribution in [2.24, 2.45) is 5.84 Å². The fourth-order valence-electron chi connectivity index (χ4n) is 1.56. The highest BCUT2D eigenvalue weighted by molar-refractivity contribution is 5.85. The number of aromatic nitrogens is 4. The summed E-state index contributed by atoms with van der Waals surface area (Å²) >= 11 is 0. The zero-order chi connectivity index (χ0) is 9.54. The predicted octanol–water partition coefficient (Wildman–Crippen LogP) is 0.447. The predicted molar refractivity (Wildman–Crippen MR) is 51.4 cm³/mol. The van der Waals surface area contributed by atoms with Crippen LogP contribution in [0.4, 0.5) is 5.82 Å². The Bertz CT molecular complexity index is 472. The van der Waals surface area contributed by atoms with Gasteiger partial charge in [-0.05, 0) is 12.8 Å². The summed E-state index contributed by atoms with van der Waals surface area (Å²) in [4.78, 5) is 8.22. The second-order valence-corrected chi connectivity index (χ2v) is 3.42. The Hall–Kier alpha value is -1.69. The van der Waals surface area contributed by atoms with Crippen LogP contribution >= 0.6 is 0 Å². The Balaban J connectivity index is 2.25. The summed E-state index contributed by atoms with van der Waals surface area (Å²) in [7, 11) is 0. The highest BCUT2D eigenvalue weighted by atomic mass is 15.3. The topological polar surface area (TPSA) is 81.7 Å². The first-order valence-electron chi connectivity index (χ1n) is 4.55. The maximum Gasteiger partial charge on any atom is 0.163 e. The number of hydrazine groups is 1. The molecule has 2 aromatic rings. The van der Waals surface area contributed by atoms with Gasteiger partial charge < -0.3 is 5.43 Å². The smallest absolute Gasteiger partial charge is 0.163 e. The Morgan fingerprint density at radius 1 is 1.43 bits per heavy atom. The Morgan fingerprint density at radius 2 is 2.29 bits per heavy atom. The number of rotatable bonds is 2. The molecule has 2 heterocycles. The standard InChI is InChI=1S/C8H10N6/c9-13-7-6-3-12-14(5-1-2-5)8(6)11-4-10-7/h3-5H,1-2,9H2,(H,10,11,13). The number of hydrogen-bond acceptors (Lipinski definition) is 5. The lowest BCUT2D eigenvalue weighted by Crippen LogP contribution is -2.09. The molecule has 1 saturated carbocycles. The number of nitrogens with two attached hydrogens (primary N) is 1. The van der Waals surface area contributed by atoms with Gasteiger partial charge in [0.2, 0.25) is 0 Å². The number of fused-ring (bicyclic) bond motifs is 1. The van der Waals surface area contributed by atoms with Crippen molar-refractivity contribution in [3.8, 4) is 0 Å². The molecule has 0 saturated heterocycles. The summed E-state index contributed by atoms with van der Waals surface area (Å²) in [6.07, 6.45) is 5.62. The van der Waals surface area contributed by atoms with Crippen molar-refractivity contribution >= 4 is 16.9 Å². The average Bonchev–Trinajstić information content (AvgIpc) is 2.97. The molecule has 1 fully saturated rings.